The van der Waals surface area contributed by atoms with E-state index in [4.69, 9.17) is 0 Å². The van der Waals surface area contributed by atoms with E-state index in [-0.39, 0.29) is 0 Å². The largest absolute Gasteiger partial charge is 0.315 e. The molecule has 0 spiro atoms. The first-order valence-electron chi connectivity index (χ1n) is 6.37. The zero-order valence-corrected chi connectivity index (χ0v) is 9.89. The van der Waals surface area contributed by atoms with E-state index in [1.165, 1.54) is 31.6 Å². The molecule has 2 heteroatoms. The van der Waals surface area contributed by atoms with Gasteiger partial charge in [-0.1, -0.05) is 30.3 Å². The Morgan fingerprint density at radius 1 is 1.31 bits per heavy atom. The second-order valence-electron chi connectivity index (χ2n) is 5.10. The monoisotopic (exact) mass is 216 g/mol. The molecule has 16 heavy (non-hydrogen) atoms. The predicted octanol–water partition coefficient (Wildman–Crippen LogP) is 2.04. The molecule has 0 aromatic heterocycles. The van der Waals surface area contributed by atoms with Gasteiger partial charge in [-0.2, -0.15) is 0 Å². The summed E-state index contributed by atoms with van der Waals surface area (Å²) in [4.78, 5) is 2.64. The average molecular weight is 216 g/mol. The lowest BCUT2D eigenvalue weighted by molar-refractivity contribution is -0.0345. The Hall–Kier alpha value is -0.860. The first-order valence-corrected chi connectivity index (χ1v) is 6.37. The number of rotatable bonds is 2. The highest BCUT2D eigenvalue weighted by atomic mass is 15.3. The third kappa shape index (κ3) is 1.66. The van der Waals surface area contributed by atoms with Crippen LogP contribution in [0.15, 0.2) is 30.3 Å². The van der Waals surface area contributed by atoms with Crippen molar-refractivity contribution in [2.24, 2.45) is 5.92 Å². The topological polar surface area (TPSA) is 15.3 Å². The van der Waals surface area contributed by atoms with Crippen LogP contribution in [0.3, 0.4) is 0 Å². The highest BCUT2D eigenvalue weighted by Crippen LogP contribution is 2.36. The lowest BCUT2D eigenvalue weighted by Crippen LogP contribution is -2.63. The molecular formula is C14H20N2. The van der Waals surface area contributed by atoms with E-state index in [0.29, 0.717) is 6.04 Å². The number of piperidine rings is 1. The molecule has 0 aliphatic carbocycles. The second kappa shape index (κ2) is 4.19. The molecule has 0 amide bonds. The van der Waals surface area contributed by atoms with Crippen molar-refractivity contribution in [2.75, 3.05) is 19.6 Å². The van der Waals surface area contributed by atoms with Crippen LogP contribution >= 0.6 is 0 Å². The minimum Gasteiger partial charge on any atom is -0.315 e. The summed E-state index contributed by atoms with van der Waals surface area (Å²) in [7, 11) is 0. The molecule has 2 saturated heterocycles. The number of benzene rings is 1. The van der Waals surface area contributed by atoms with Gasteiger partial charge in [0.1, 0.15) is 0 Å². The number of nitrogens with one attached hydrogen (secondary N) is 1. The summed E-state index contributed by atoms with van der Waals surface area (Å²) in [6, 6.07) is 12.2. The van der Waals surface area contributed by atoms with Crippen molar-refractivity contribution in [1.82, 2.24) is 10.2 Å². The molecule has 1 aromatic rings. The minimum absolute atomic E-state index is 0.572. The van der Waals surface area contributed by atoms with Crippen molar-refractivity contribution in [3.63, 3.8) is 0 Å². The molecule has 1 N–H and O–H groups in total. The lowest BCUT2D eigenvalue weighted by atomic mass is 9.81. The van der Waals surface area contributed by atoms with E-state index in [1.54, 1.807) is 0 Å². The molecule has 0 radical (unpaired) electrons. The fourth-order valence-corrected chi connectivity index (χ4v) is 3.13. The van der Waals surface area contributed by atoms with Crippen molar-refractivity contribution in [3.05, 3.63) is 35.9 Å². The molecule has 3 atom stereocenters. The smallest absolute Gasteiger partial charge is 0.0323 e. The maximum Gasteiger partial charge on any atom is 0.0323 e. The lowest BCUT2D eigenvalue weighted by Gasteiger charge is -2.53. The molecule has 0 bridgehead atoms. The van der Waals surface area contributed by atoms with Gasteiger partial charge in [0.2, 0.25) is 0 Å². The molecule has 2 heterocycles. The number of fused-ring (bicyclic) bond motifs is 1. The Morgan fingerprint density at radius 2 is 2.12 bits per heavy atom. The summed E-state index contributed by atoms with van der Waals surface area (Å²) in [5.41, 5.74) is 1.45. The van der Waals surface area contributed by atoms with Crippen LogP contribution in [0.2, 0.25) is 0 Å². The van der Waals surface area contributed by atoms with Gasteiger partial charge in [0, 0.05) is 25.2 Å². The quantitative estimate of drug-likeness (QED) is 0.814. The summed E-state index contributed by atoms with van der Waals surface area (Å²) in [5, 5.41) is 3.51. The van der Waals surface area contributed by atoms with Gasteiger partial charge >= 0.3 is 0 Å². The highest BCUT2D eigenvalue weighted by molar-refractivity contribution is 5.19. The van der Waals surface area contributed by atoms with Gasteiger partial charge in [-0.25, -0.2) is 0 Å². The molecule has 2 nitrogen and oxygen atoms in total. The van der Waals surface area contributed by atoms with Gasteiger partial charge in [0.25, 0.3) is 0 Å². The van der Waals surface area contributed by atoms with Crippen LogP contribution in [0.4, 0.5) is 0 Å². The number of nitrogens with zero attached hydrogens (tertiary/aromatic N) is 1. The van der Waals surface area contributed by atoms with Crippen molar-refractivity contribution in [3.8, 4) is 0 Å². The molecule has 2 aliphatic heterocycles. The van der Waals surface area contributed by atoms with Crippen LogP contribution in [0.25, 0.3) is 0 Å². The van der Waals surface area contributed by atoms with Crippen molar-refractivity contribution in [2.45, 2.75) is 25.4 Å². The van der Waals surface area contributed by atoms with E-state index < -0.39 is 0 Å². The van der Waals surface area contributed by atoms with E-state index in [0.717, 1.165) is 12.0 Å². The van der Waals surface area contributed by atoms with Crippen LogP contribution in [0.5, 0.6) is 0 Å². The highest BCUT2D eigenvalue weighted by Gasteiger charge is 2.42. The maximum absolute atomic E-state index is 3.51. The van der Waals surface area contributed by atoms with Crippen LogP contribution in [0.1, 0.15) is 24.9 Å². The van der Waals surface area contributed by atoms with E-state index in [9.17, 15) is 0 Å². The SMILES string of the molecule is C[C@@H](c1ccccc1)N1C[C@H]2CCNC[C@H]21. The van der Waals surface area contributed by atoms with Gasteiger partial charge in [-0.15, -0.1) is 0 Å². The molecular weight excluding hydrogens is 196 g/mol. The molecule has 2 aliphatic rings. The Bertz CT molecular complexity index is 349. The van der Waals surface area contributed by atoms with Crippen molar-refractivity contribution < 1.29 is 0 Å². The van der Waals surface area contributed by atoms with E-state index in [1.807, 2.05) is 0 Å². The fourth-order valence-electron chi connectivity index (χ4n) is 3.13. The number of likely N-dealkylation sites (tertiary alicyclic amines) is 1. The Balaban J connectivity index is 1.70. The summed E-state index contributed by atoms with van der Waals surface area (Å²) in [5.74, 6) is 0.951. The molecule has 0 saturated carbocycles. The fraction of sp³-hybridized carbons (Fsp3) is 0.571. The first-order chi connectivity index (χ1) is 7.86. The van der Waals surface area contributed by atoms with Crippen molar-refractivity contribution >= 4 is 0 Å². The minimum atomic E-state index is 0.572. The summed E-state index contributed by atoms with van der Waals surface area (Å²) in [6.45, 7) is 6.03. The van der Waals surface area contributed by atoms with Crippen LogP contribution in [-0.2, 0) is 0 Å². The number of hydrogen-bond acceptors (Lipinski definition) is 2. The second-order valence-corrected chi connectivity index (χ2v) is 5.10. The summed E-state index contributed by atoms with van der Waals surface area (Å²) >= 11 is 0. The standard InChI is InChI=1S/C14H20N2/c1-11(12-5-3-2-4-6-12)16-10-13-7-8-15-9-14(13)16/h2-6,11,13-15H,7-10H2,1H3/t11-,13+,14+/m0/s1. The zero-order valence-electron chi connectivity index (χ0n) is 9.89. The molecule has 2 fully saturated rings. The van der Waals surface area contributed by atoms with E-state index in [2.05, 4.69) is 47.5 Å². The Morgan fingerprint density at radius 3 is 2.88 bits per heavy atom. The van der Waals surface area contributed by atoms with Gasteiger partial charge in [-0.3, -0.25) is 4.90 Å². The van der Waals surface area contributed by atoms with Crippen LogP contribution in [-0.4, -0.2) is 30.6 Å². The summed E-state index contributed by atoms with van der Waals surface area (Å²) in [6.07, 6.45) is 1.36. The van der Waals surface area contributed by atoms with Crippen LogP contribution in [0, 0.1) is 5.92 Å². The normalized spacial score (nSPS) is 31.6. The zero-order chi connectivity index (χ0) is 11.0. The Labute approximate surface area is 97.6 Å². The third-order valence-corrected chi connectivity index (χ3v) is 4.24. The third-order valence-electron chi connectivity index (χ3n) is 4.24. The predicted molar refractivity (Wildman–Crippen MR) is 66.3 cm³/mol. The maximum atomic E-state index is 3.51. The van der Waals surface area contributed by atoms with Gasteiger partial charge < -0.3 is 5.32 Å². The van der Waals surface area contributed by atoms with Gasteiger partial charge in [0.05, 0.1) is 0 Å². The number of hydrogen-bond donors (Lipinski definition) is 1. The molecule has 0 unspecified atom stereocenters. The average Bonchev–Trinajstić information content (AvgIpc) is 2.32. The Kier molecular flexibility index (Phi) is 2.70. The summed E-state index contributed by atoms with van der Waals surface area (Å²) < 4.78 is 0. The molecule has 1 aromatic carbocycles. The van der Waals surface area contributed by atoms with Crippen molar-refractivity contribution in [1.29, 1.82) is 0 Å². The first kappa shape index (κ1) is 10.3. The molecule has 3 rings (SSSR count). The molecule has 86 valence electrons. The van der Waals surface area contributed by atoms with E-state index >= 15 is 0 Å². The van der Waals surface area contributed by atoms with Gasteiger partial charge in [0.15, 0.2) is 0 Å². The van der Waals surface area contributed by atoms with Crippen LogP contribution < -0.4 is 5.32 Å². The van der Waals surface area contributed by atoms with Gasteiger partial charge in [-0.05, 0) is 31.4 Å².